The SMILES string of the molecule is COc1cc(OC)cc(C(=O)NCc2nnc(SCC(=O)N3N=C(c4cccs4)C[C@H]3c3ccc(F)cc3)n2Cc2ccccc2)c1. The zero-order valence-corrected chi connectivity index (χ0v) is 27.3. The summed E-state index contributed by atoms with van der Waals surface area (Å²) in [7, 11) is 3.04. The predicted molar refractivity (Wildman–Crippen MR) is 178 cm³/mol. The summed E-state index contributed by atoms with van der Waals surface area (Å²) in [5.74, 6) is 0.672. The van der Waals surface area contributed by atoms with Crippen LogP contribution in [-0.2, 0) is 17.9 Å². The number of carbonyl (C=O) groups excluding carboxylic acids is 2. The van der Waals surface area contributed by atoms with Crippen molar-refractivity contribution in [3.05, 3.63) is 124 Å². The van der Waals surface area contributed by atoms with Gasteiger partial charge in [-0.05, 0) is 46.8 Å². The maximum atomic E-state index is 13.7. The Morgan fingerprint density at radius 1 is 0.979 bits per heavy atom. The maximum Gasteiger partial charge on any atom is 0.253 e. The van der Waals surface area contributed by atoms with Crippen LogP contribution in [0.3, 0.4) is 0 Å². The number of amides is 2. The molecule has 0 spiro atoms. The van der Waals surface area contributed by atoms with Crippen LogP contribution in [-0.4, -0.2) is 57.3 Å². The number of hydrogen-bond acceptors (Lipinski definition) is 9. The highest BCUT2D eigenvalue weighted by Crippen LogP contribution is 2.35. The highest BCUT2D eigenvalue weighted by Gasteiger charge is 2.33. The first-order valence-corrected chi connectivity index (χ1v) is 16.6. The van der Waals surface area contributed by atoms with Crippen LogP contribution in [0.15, 0.2) is 101 Å². The molecular formula is C34H31FN6O4S2. The lowest BCUT2D eigenvalue weighted by Gasteiger charge is -2.22. The molecule has 0 aliphatic carbocycles. The van der Waals surface area contributed by atoms with Gasteiger partial charge in [-0.2, -0.15) is 5.10 Å². The fourth-order valence-electron chi connectivity index (χ4n) is 5.15. The van der Waals surface area contributed by atoms with Crippen LogP contribution in [0.4, 0.5) is 4.39 Å². The number of rotatable bonds is 12. The molecule has 13 heteroatoms. The number of carbonyl (C=O) groups is 2. The summed E-state index contributed by atoms with van der Waals surface area (Å²) in [5.41, 5.74) is 3.00. The second-order valence-corrected chi connectivity index (χ2v) is 12.5. The third-order valence-electron chi connectivity index (χ3n) is 7.55. The number of aromatic nitrogens is 3. The molecule has 2 amide bonds. The Labute approximate surface area is 279 Å². The second-order valence-electron chi connectivity index (χ2n) is 10.6. The molecule has 3 aromatic carbocycles. The lowest BCUT2D eigenvalue weighted by Crippen LogP contribution is -2.28. The Morgan fingerprint density at radius 3 is 2.40 bits per heavy atom. The van der Waals surface area contributed by atoms with E-state index in [1.54, 1.807) is 41.7 Å². The quantitative estimate of drug-likeness (QED) is 0.164. The molecule has 1 aliphatic rings. The summed E-state index contributed by atoms with van der Waals surface area (Å²) in [6.07, 6.45) is 0.524. The van der Waals surface area contributed by atoms with E-state index in [0.29, 0.717) is 41.0 Å². The summed E-state index contributed by atoms with van der Waals surface area (Å²) >= 11 is 2.81. The van der Waals surface area contributed by atoms with Crippen LogP contribution in [0.25, 0.3) is 0 Å². The second kappa shape index (κ2) is 14.6. The normalized spacial score (nSPS) is 14.1. The number of nitrogens with zero attached hydrogens (tertiary/aromatic N) is 5. The summed E-state index contributed by atoms with van der Waals surface area (Å²) in [4.78, 5) is 27.8. The number of hydrogen-bond donors (Lipinski definition) is 1. The molecule has 2 aromatic heterocycles. The summed E-state index contributed by atoms with van der Waals surface area (Å²) in [6.45, 7) is 0.533. The van der Waals surface area contributed by atoms with E-state index < -0.39 is 0 Å². The van der Waals surface area contributed by atoms with E-state index in [4.69, 9.17) is 14.6 Å². The number of thioether (sulfide) groups is 1. The molecule has 0 fully saturated rings. The van der Waals surface area contributed by atoms with Crippen molar-refractivity contribution in [2.75, 3.05) is 20.0 Å². The zero-order valence-electron chi connectivity index (χ0n) is 25.6. The van der Waals surface area contributed by atoms with E-state index in [-0.39, 0.29) is 36.0 Å². The lowest BCUT2D eigenvalue weighted by atomic mass is 10.0. The van der Waals surface area contributed by atoms with Crippen molar-refractivity contribution in [3.63, 3.8) is 0 Å². The smallest absolute Gasteiger partial charge is 0.253 e. The minimum atomic E-state index is -0.357. The van der Waals surface area contributed by atoms with Crippen LogP contribution >= 0.6 is 23.1 Å². The molecule has 1 N–H and O–H groups in total. The average Bonchev–Trinajstić information content (AvgIpc) is 3.88. The van der Waals surface area contributed by atoms with E-state index in [1.807, 2.05) is 52.4 Å². The van der Waals surface area contributed by atoms with E-state index >= 15 is 0 Å². The van der Waals surface area contributed by atoms with Crippen LogP contribution in [0.2, 0.25) is 0 Å². The van der Waals surface area contributed by atoms with Crippen molar-refractivity contribution in [2.45, 2.75) is 30.7 Å². The minimum Gasteiger partial charge on any atom is -0.497 e. The molecule has 240 valence electrons. The van der Waals surface area contributed by atoms with Crippen LogP contribution in [0, 0.1) is 5.82 Å². The van der Waals surface area contributed by atoms with Gasteiger partial charge in [-0.25, -0.2) is 9.40 Å². The molecule has 6 rings (SSSR count). The van der Waals surface area contributed by atoms with Gasteiger partial charge in [0.25, 0.3) is 11.8 Å². The first-order valence-electron chi connectivity index (χ1n) is 14.7. The molecule has 0 radical (unpaired) electrons. The van der Waals surface area contributed by atoms with E-state index in [2.05, 4.69) is 15.5 Å². The standard InChI is InChI=1S/C34H31FN6O4S2/c1-44-26-15-24(16-27(17-26)45-2)33(43)36-19-31-37-38-34(40(31)20-22-7-4-3-5-8-22)47-21-32(42)41-29(23-10-12-25(35)13-11-23)18-28(39-41)30-9-6-14-46-30/h3-17,29H,18-21H2,1-2H3,(H,36,43)/t29-/m0/s1. The van der Waals surface area contributed by atoms with Crippen LogP contribution in [0.1, 0.15) is 44.6 Å². The van der Waals surface area contributed by atoms with E-state index in [0.717, 1.165) is 21.7 Å². The maximum absolute atomic E-state index is 13.7. The Kier molecular flexibility index (Phi) is 9.93. The number of halogens is 1. The lowest BCUT2D eigenvalue weighted by molar-refractivity contribution is -0.130. The summed E-state index contributed by atoms with van der Waals surface area (Å²) in [6, 6.07) is 24.5. The fourth-order valence-corrected chi connectivity index (χ4v) is 6.68. The van der Waals surface area contributed by atoms with E-state index in [9.17, 15) is 14.0 Å². The molecule has 3 heterocycles. The van der Waals surface area contributed by atoms with Crippen LogP contribution < -0.4 is 14.8 Å². The fraction of sp³-hybridized carbons (Fsp3) is 0.206. The van der Waals surface area contributed by atoms with Gasteiger partial charge in [0.1, 0.15) is 17.3 Å². The number of methoxy groups -OCH3 is 2. The number of hydrazone groups is 1. The highest BCUT2D eigenvalue weighted by molar-refractivity contribution is 7.99. The van der Waals surface area contributed by atoms with Crippen molar-refractivity contribution in [1.29, 1.82) is 0 Å². The highest BCUT2D eigenvalue weighted by atomic mass is 32.2. The van der Waals surface area contributed by atoms with Gasteiger partial charge in [-0.3, -0.25) is 9.59 Å². The van der Waals surface area contributed by atoms with Gasteiger partial charge in [0.15, 0.2) is 11.0 Å². The molecule has 5 aromatic rings. The molecule has 1 aliphatic heterocycles. The predicted octanol–water partition coefficient (Wildman–Crippen LogP) is 5.94. The number of thiophene rings is 1. The Hall–Kier alpha value is -5.01. The molecular weight excluding hydrogens is 640 g/mol. The van der Waals surface area contributed by atoms with Gasteiger partial charge in [0.2, 0.25) is 0 Å². The van der Waals surface area contributed by atoms with Gasteiger partial charge >= 0.3 is 0 Å². The van der Waals surface area contributed by atoms with Crippen molar-refractivity contribution in [3.8, 4) is 11.5 Å². The molecule has 0 saturated carbocycles. The Balaban J connectivity index is 1.21. The Morgan fingerprint density at radius 2 is 1.72 bits per heavy atom. The number of ether oxygens (including phenoxy) is 2. The van der Waals surface area contributed by atoms with Gasteiger partial charge in [0, 0.05) is 18.1 Å². The minimum absolute atomic E-state index is 0.0435. The van der Waals surface area contributed by atoms with Gasteiger partial charge in [0.05, 0.1) is 49.7 Å². The van der Waals surface area contributed by atoms with E-state index in [1.165, 1.54) is 43.1 Å². The van der Waals surface area contributed by atoms with Crippen molar-refractivity contribution < 1.29 is 23.5 Å². The molecule has 0 bridgehead atoms. The monoisotopic (exact) mass is 670 g/mol. The molecule has 10 nitrogen and oxygen atoms in total. The first-order chi connectivity index (χ1) is 22.9. The summed E-state index contributed by atoms with van der Waals surface area (Å²) in [5, 5.41) is 20.4. The zero-order chi connectivity index (χ0) is 32.8. The number of benzene rings is 3. The van der Waals surface area contributed by atoms with Crippen molar-refractivity contribution in [2.24, 2.45) is 5.10 Å². The first kappa shape index (κ1) is 32.0. The van der Waals surface area contributed by atoms with Crippen molar-refractivity contribution in [1.82, 2.24) is 25.1 Å². The van der Waals surface area contributed by atoms with Crippen LogP contribution in [0.5, 0.6) is 11.5 Å². The Bertz CT molecular complexity index is 1860. The summed E-state index contributed by atoms with van der Waals surface area (Å²) < 4.78 is 26.2. The number of nitrogens with one attached hydrogen (secondary N) is 1. The third-order valence-corrected chi connectivity index (χ3v) is 9.42. The largest absolute Gasteiger partial charge is 0.497 e. The average molecular weight is 671 g/mol. The van der Waals surface area contributed by atoms with Gasteiger partial charge in [-0.15, -0.1) is 21.5 Å². The van der Waals surface area contributed by atoms with Gasteiger partial charge < -0.3 is 19.4 Å². The topological polar surface area (TPSA) is 111 Å². The molecule has 47 heavy (non-hydrogen) atoms. The molecule has 0 unspecified atom stereocenters. The third kappa shape index (κ3) is 7.53. The molecule has 0 saturated heterocycles. The van der Waals surface area contributed by atoms with Crippen molar-refractivity contribution >= 4 is 40.6 Å². The van der Waals surface area contributed by atoms with Gasteiger partial charge in [-0.1, -0.05) is 60.3 Å². The molecule has 1 atom stereocenters.